The number of aromatic nitrogens is 1. The first-order chi connectivity index (χ1) is 8.11. The Morgan fingerprint density at radius 1 is 1.41 bits per heavy atom. The van der Waals surface area contributed by atoms with E-state index < -0.39 is 0 Å². The van der Waals surface area contributed by atoms with Crippen LogP contribution in [0.4, 0.5) is 0 Å². The van der Waals surface area contributed by atoms with Gasteiger partial charge in [0.1, 0.15) is 5.01 Å². The van der Waals surface area contributed by atoms with Gasteiger partial charge in [0.2, 0.25) is 0 Å². The first-order valence-corrected chi connectivity index (χ1v) is 7.65. The zero-order chi connectivity index (χ0) is 12.4. The summed E-state index contributed by atoms with van der Waals surface area (Å²) < 4.78 is 0. The number of hydrogen-bond donors (Lipinski definition) is 1. The fraction of sp³-hybridized carbons (Fsp3) is 0.786. The van der Waals surface area contributed by atoms with Gasteiger partial charge in [0.15, 0.2) is 0 Å². The van der Waals surface area contributed by atoms with Crippen LogP contribution in [0.2, 0.25) is 0 Å². The number of aryl methyl sites for hydroxylation is 2. The summed E-state index contributed by atoms with van der Waals surface area (Å²) >= 11 is 1.89. The normalized spacial score (nSPS) is 18.4. The molecule has 0 aromatic carbocycles. The molecule has 1 unspecified atom stereocenters. The zero-order valence-corrected chi connectivity index (χ0v) is 12.2. The van der Waals surface area contributed by atoms with Crippen LogP contribution in [-0.2, 0) is 6.42 Å². The first-order valence-electron chi connectivity index (χ1n) is 6.84. The molecule has 1 fully saturated rings. The van der Waals surface area contributed by atoms with Gasteiger partial charge in [-0.15, -0.1) is 11.3 Å². The Balaban J connectivity index is 2.18. The molecule has 1 N–H and O–H groups in total. The number of thiazole rings is 1. The lowest BCUT2D eigenvalue weighted by atomic mass is 9.79. The Hall–Kier alpha value is -0.410. The number of nitrogens with zero attached hydrogens (tertiary/aromatic N) is 1. The lowest BCUT2D eigenvalue weighted by Gasteiger charge is -2.34. The van der Waals surface area contributed by atoms with Crippen LogP contribution in [0, 0.1) is 12.8 Å². The molecule has 17 heavy (non-hydrogen) atoms. The molecule has 1 aliphatic carbocycles. The molecule has 1 aromatic heterocycles. The highest BCUT2D eigenvalue weighted by Crippen LogP contribution is 2.39. The monoisotopic (exact) mass is 252 g/mol. The Labute approximate surface area is 109 Å². The molecule has 1 saturated carbocycles. The van der Waals surface area contributed by atoms with E-state index in [1.54, 1.807) is 0 Å². The predicted molar refractivity (Wildman–Crippen MR) is 74.6 cm³/mol. The van der Waals surface area contributed by atoms with Crippen molar-refractivity contribution in [1.29, 1.82) is 0 Å². The molecule has 1 aliphatic rings. The molecule has 2 nitrogen and oxygen atoms in total. The van der Waals surface area contributed by atoms with Crippen LogP contribution in [0.15, 0.2) is 0 Å². The van der Waals surface area contributed by atoms with E-state index in [9.17, 15) is 0 Å². The Bertz CT molecular complexity index is 366. The smallest absolute Gasteiger partial charge is 0.110 e. The van der Waals surface area contributed by atoms with Crippen molar-refractivity contribution in [3.05, 3.63) is 15.6 Å². The van der Waals surface area contributed by atoms with E-state index in [4.69, 9.17) is 4.98 Å². The van der Waals surface area contributed by atoms with Crippen LogP contribution < -0.4 is 5.32 Å². The molecule has 0 radical (unpaired) electrons. The van der Waals surface area contributed by atoms with Gasteiger partial charge in [-0.05, 0) is 32.1 Å². The van der Waals surface area contributed by atoms with Crippen LogP contribution in [0.5, 0.6) is 0 Å². The molecule has 0 amide bonds. The second-order valence-electron chi connectivity index (χ2n) is 5.40. The molecule has 96 valence electrons. The van der Waals surface area contributed by atoms with Gasteiger partial charge in [-0.2, -0.15) is 0 Å². The predicted octanol–water partition coefficient (Wildman–Crippen LogP) is 3.85. The maximum Gasteiger partial charge on any atom is 0.110 e. The van der Waals surface area contributed by atoms with E-state index in [0.717, 1.165) is 12.3 Å². The van der Waals surface area contributed by atoms with Crippen LogP contribution in [0.1, 0.15) is 61.7 Å². The highest BCUT2D eigenvalue weighted by atomic mass is 32.1. The molecule has 3 heteroatoms. The SMILES string of the molecule is CCc1nc(C(NC(C)C)C2CCC2)sc1C. The summed E-state index contributed by atoms with van der Waals surface area (Å²) in [6.45, 7) is 8.85. The molecule has 2 rings (SSSR count). The van der Waals surface area contributed by atoms with Gasteiger partial charge >= 0.3 is 0 Å². The minimum Gasteiger partial charge on any atom is -0.305 e. The van der Waals surface area contributed by atoms with Crippen LogP contribution in [0.25, 0.3) is 0 Å². The van der Waals surface area contributed by atoms with E-state index in [0.29, 0.717) is 12.1 Å². The second-order valence-corrected chi connectivity index (χ2v) is 6.63. The third-order valence-corrected chi connectivity index (χ3v) is 4.74. The van der Waals surface area contributed by atoms with Gasteiger partial charge in [-0.1, -0.05) is 27.2 Å². The molecule has 1 aromatic rings. The van der Waals surface area contributed by atoms with E-state index in [1.807, 2.05) is 11.3 Å². The van der Waals surface area contributed by atoms with Crippen LogP contribution >= 0.6 is 11.3 Å². The molecular formula is C14H24N2S. The van der Waals surface area contributed by atoms with E-state index in [-0.39, 0.29) is 0 Å². The molecular weight excluding hydrogens is 228 g/mol. The van der Waals surface area contributed by atoms with Gasteiger partial charge in [-0.3, -0.25) is 0 Å². The molecule has 1 atom stereocenters. The lowest BCUT2D eigenvalue weighted by molar-refractivity contribution is 0.221. The average molecular weight is 252 g/mol. The summed E-state index contributed by atoms with van der Waals surface area (Å²) in [5.74, 6) is 0.813. The van der Waals surface area contributed by atoms with E-state index in [2.05, 4.69) is 33.0 Å². The summed E-state index contributed by atoms with van der Waals surface area (Å²) in [5.41, 5.74) is 1.29. The van der Waals surface area contributed by atoms with Gasteiger partial charge in [-0.25, -0.2) is 4.98 Å². The Morgan fingerprint density at radius 3 is 2.53 bits per heavy atom. The average Bonchev–Trinajstić information content (AvgIpc) is 2.55. The first kappa shape index (κ1) is 13.0. The van der Waals surface area contributed by atoms with Crippen molar-refractivity contribution in [3.8, 4) is 0 Å². The number of nitrogens with one attached hydrogen (secondary N) is 1. The highest BCUT2D eigenvalue weighted by molar-refractivity contribution is 7.11. The minimum atomic E-state index is 0.493. The van der Waals surface area contributed by atoms with Crippen molar-refractivity contribution >= 4 is 11.3 Å². The molecule has 1 heterocycles. The number of rotatable bonds is 5. The topological polar surface area (TPSA) is 24.9 Å². The summed E-state index contributed by atoms with van der Waals surface area (Å²) in [6, 6.07) is 1.03. The zero-order valence-electron chi connectivity index (χ0n) is 11.4. The fourth-order valence-electron chi connectivity index (χ4n) is 2.45. The quantitative estimate of drug-likeness (QED) is 0.861. The van der Waals surface area contributed by atoms with Crippen molar-refractivity contribution in [3.63, 3.8) is 0 Å². The molecule has 0 aliphatic heterocycles. The number of hydrogen-bond acceptors (Lipinski definition) is 3. The summed E-state index contributed by atoms with van der Waals surface area (Å²) in [6.07, 6.45) is 5.18. The van der Waals surface area contributed by atoms with E-state index in [1.165, 1.54) is 34.8 Å². The third kappa shape index (κ3) is 2.89. The van der Waals surface area contributed by atoms with E-state index >= 15 is 0 Å². The maximum atomic E-state index is 4.84. The van der Waals surface area contributed by atoms with Crippen molar-refractivity contribution in [2.75, 3.05) is 0 Å². The van der Waals surface area contributed by atoms with Crippen molar-refractivity contribution < 1.29 is 0 Å². The second kappa shape index (κ2) is 5.49. The van der Waals surface area contributed by atoms with Gasteiger partial charge in [0.25, 0.3) is 0 Å². The summed E-state index contributed by atoms with van der Waals surface area (Å²) in [4.78, 5) is 6.24. The minimum absolute atomic E-state index is 0.493. The van der Waals surface area contributed by atoms with Crippen molar-refractivity contribution in [2.24, 2.45) is 5.92 Å². The van der Waals surface area contributed by atoms with Gasteiger partial charge in [0.05, 0.1) is 11.7 Å². The van der Waals surface area contributed by atoms with Crippen LogP contribution in [-0.4, -0.2) is 11.0 Å². The molecule has 0 spiro atoms. The van der Waals surface area contributed by atoms with Gasteiger partial charge in [0, 0.05) is 10.9 Å². The lowest BCUT2D eigenvalue weighted by Crippen LogP contribution is -2.36. The Kier molecular flexibility index (Phi) is 4.21. The Morgan fingerprint density at radius 2 is 2.12 bits per heavy atom. The summed E-state index contributed by atoms with van der Waals surface area (Å²) in [5, 5.41) is 5.03. The maximum absolute atomic E-state index is 4.84. The highest BCUT2D eigenvalue weighted by Gasteiger charge is 2.31. The fourth-order valence-corrected chi connectivity index (χ4v) is 3.62. The van der Waals surface area contributed by atoms with Crippen molar-refractivity contribution in [1.82, 2.24) is 10.3 Å². The van der Waals surface area contributed by atoms with Gasteiger partial charge < -0.3 is 5.32 Å². The third-order valence-electron chi connectivity index (χ3n) is 3.64. The molecule has 0 saturated heterocycles. The molecule has 0 bridgehead atoms. The summed E-state index contributed by atoms with van der Waals surface area (Å²) in [7, 11) is 0. The van der Waals surface area contributed by atoms with Crippen LogP contribution in [0.3, 0.4) is 0 Å². The largest absolute Gasteiger partial charge is 0.305 e. The van der Waals surface area contributed by atoms with Crippen molar-refractivity contribution in [2.45, 2.75) is 65.5 Å². The standard InChI is InChI=1S/C14H24N2S/c1-5-12-10(4)17-14(16-12)13(15-9(2)3)11-7-6-8-11/h9,11,13,15H,5-8H2,1-4H3.